The number of likely N-dealkylation sites (N-methyl/N-ethyl adjacent to an activating group) is 1. The van der Waals surface area contributed by atoms with E-state index in [-0.39, 0.29) is 36.2 Å². The molecular weight excluding hydrogens is 362 g/mol. The van der Waals surface area contributed by atoms with Crippen molar-refractivity contribution in [2.24, 2.45) is 11.7 Å². The zero-order valence-electron chi connectivity index (χ0n) is 15.4. The zero-order chi connectivity index (χ0) is 18.5. The van der Waals surface area contributed by atoms with Crippen LogP contribution in [0.1, 0.15) is 24.8 Å². The molecular formula is C21H26ClN3O2. The van der Waals surface area contributed by atoms with Gasteiger partial charge in [-0.25, -0.2) is 0 Å². The number of nitrogens with two attached hydrogens (primary N) is 1. The highest BCUT2D eigenvalue weighted by atomic mass is 35.5. The Kier molecular flexibility index (Phi) is 7.39. The van der Waals surface area contributed by atoms with E-state index < -0.39 is 0 Å². The second-order valence-electron chi connectivity index (χ2n) is 6.92. The van der Waals surface area contributed by atoms with Crippen molar-refractivity contribution in [1.29, 1.82) is 0 Å². The Morgan fingerprint density at radius 3 is 2.33 bits per heavy atom. The van der Waals surface area contributed by atoms with Crippen molar-refractivity contribution in [2.45, 2.75) is 31.7 Å². The summed E-state index contributed by atoms with van der Waals surface area (Å²) in [6.45, 7) is 0. The van der Waals surface area contributed by atoms with E-state index in [9.17, 15) is 9.59 Å². The fourth-order valence-corrected chi connectivity index (χ4v) is 3.29. The van der Waals surface area contributed by atoms with Gasteiger partial charge in [-0.2, -0.15) is 0 Å². The highest BCUT2D eigenvalue weighted by Crippen LogP contribution is 2.25. The number of nitrogens with zero attached hydrogens (tertiary/aromatic N) is 1. The second-order valence-corrected chi connectivity index (χ2v) is 6.92. The molecule has 3 N–H and O–H groups in total. The number of halogens is 1. The quantitative estimate of drug-likeness (QED) is 0.825. The molecule has 2 amide bonds. The SMILES string of the molecule is CN(C(=O)Cc1ccc(NC(=O)C2CCC(N)C2)cc1)c1ccccc1.Cl. The van der Waals surface area contributed by atoms with Gasteiger partial charge in [-0.3, -0.25) is 9.59 Å². The molecule has 2 aromatic rings. The van der Waals surface area contributed by atoms with E-state index in [2.05, 4.69) is 5.32 Å². The predicted octanol–water partition coefficient (Wildman–Crippen LogP) is 3.38. The highest BCUT2D eigenvalue weighted by molar-refractivity contribution is 5.95. The first kappa shape index (κ1) is 20.9. The van der Waals surface area contributed by atoms with Crippen LogP contribution in [0.4, 0.5) is 11.4 Å². The molecule has 3 rings (SSSR count). The number of benzene rings is 2. The molecule has 6 heteroatoms. The van der Waals surface area contributed by atoms with Crippen LogP contribution in [0.2, 0.25) is 0 Å². The van der Waals surface area contributed by atoms with Gasteiger partial charge >= 0.3 is 0 Å². The van der Waals surface area contributed by atoms with Gasteiger partial charge in [0.2, 0.25) is 11.8 Å². The number of para-hydroxylation sites is 1. The monoisotopic (exact) mass is 387 g/mol. The minimum atomic E-state index is 0. The maximum atomic E-state index is 12.4. The summed E-state index contributed by atoms with van der Waals surface area (Å²) < 4.78 is 0. The van der Waals surface area contributed by atoms with Crippen molar-refractivity contribution in [1.82, 2.24) is 0 Å². The molecule has 0 aromatic heterocycles. The van der Waals surface area contributed by atoms with E-state index in [0.29, 0.717) is 6.42 Å². The topological polar surface area (TPSA) is 75.4 Å². The third kappa shape index (κ3) is 5.55. The lowest BCUT2D eigenvalue weighted by atomic mass is 10.1. The average molecular weight is 388 g/mol. The summed E-state index contributed by atoms with van der Waals surface area (Å²) in [7, 11) is 1.78. The molecule has 0 radical (unpaired) electrons. The number of anilines is 2. The molecule has 0 spiro atoms. The lowest BCUT2D eigenvalue weighted by Gasteiger charge is -2.17. The van der Waals surface area contributed by atoms with Crippen LogP contribution in [0.5, 0.6) is 0 Å². The van der Waals surface area contributed by atoms with Crippen LogP contribution < -0.4 is 16.0 Å². The zero-order valence-corrected chi connectivity index (χ0v) is 16.2. The average Bonchev–Trinajstić information content (AvgIpc) is 3.10. The summed E-state index contributed by atoms with van der Waals surface area (Å²) in [5.41, 5.74) is 8.41. The highest BCUT2D eigenvalue weighted by Gasteiger charge is 2.27. The first-order valence-electron chi connectivity index (χ1n) is 9.00. The van der Waals surface area contributed by atoms with Crippen LogP contribution in [0.3, 0.4) is 0 Å². The van der Waals surface area contributed by atoms with E-state index >= 15 is 0 Å². The van der Waals surface area contributed by atoms with Crippen LogP contribution in [0, 0.1) is 5.92 Å². The lowest BCUT2D eigenvalue weighted by molar-refractivity contribution is -0.120. The van der Waals surface area contributed by atoms with E-state index in [1.54, 1.807) is 11.9 Å². The number of carbonyl (C=O) groups is 2. The maximum absolute atomic E-state index is 12.4. The molecule has 2 aromatic carbocycles. The molecule has 0 saturated heterocycles. The molecule has 27 heavy (non-hydrogen) atoms. The van der Waals surface area contributed by atoms with Crippen molar-refractivity contribution in [2.75, 3.05) is 17.3 Å². The van der Waals surface area contributed by atoms with Crippen LogP contribution in [0.15, 0.2) is 54.6 Å². The molecule has 2 unspecified atom stereocenters. The molecule has 1 aliphatic carbocycles. The van der Waals surface area contributed by atoms with Crippen LogP contribution in [-0.2, 0) is 16.0 Å². The molecule has 144 valence electrons. The minimum Gasteiger partial charge on any atom is -0.328 e. The summed E-state index contributed by atoms with van der Waals surface area (Å²) in [6, 6.07) is 17.2. The molecule has 1 aliphatic rings. The Hall–Kier alpha value is -2.37. The first-order valence-corrected chi connectivity index (χ1v) is 9.00. The third-order valence-electron chi connectivity index (χ3n) is 4.94. The lowest BCUT2D eigenvalue weighted by Crippen LogP contribution is -2.27. The van der Waals surface area contributed by atoms with Gasteiger partial charge in [0.05, 0.1) is 6.42 Å². The fourth-order valence-electron chi connectivity index (χ4n) is 3.29. The van der Waals surface area contributed by atoms with Gasteiger partial charge in [-0.05, 0) is 49.1 Å². The number of hydrogen-bond acceptors (Lipinski definition) is 3. The molecule has 0 heterocycles. The van der Waals surface area contributed by atoms with Crippen LogP contribution in [0.25, 0.3) is 0 Å². The number of amides is 2. The summed E-state index contributed by atoms with van der Waals surface area (Å²) in [5.74, 6) is 0.0595. The van der Waals surface area contributed by atoms with Gasteiger partial charge in [-0.1, -0.05) is 30.3 Å². The van der Waals surface area contributed by atoms with Crippen LogP contribution >= 0.6 is 12.4 Å². The number of hydrogen-bond donors (Lipinski definition) is 2. The Balaban J connectivity index is 0.00000261. The van der Waals surface area contributed by atoms with Gasteiger partial charge in [0, 0.05) is 30.4 Å². The van der Waals surface area contributed by atoms with E-state index in [1.165, 1.54) is 0 Å². The molecule has 0 bridgehead atoms. The Labute approximate surface area is 166 Å². The van der Waals surface area contributed by atoms with Crippen molar-refractivity contribution in [3.63, 3.8) is 0 Å². The molecule has 5 nitrogen and oxygen atoms in total. The van der Waals surface area contributed by atoms with Gasteiger partial charge in [-0.15, -0.1) is 12.4 Å². The van der Waals surface area contributed by atoms with Crippen molar-refractivity contribution in [3.05, 3.63) is 60.2 Å². The van der Waals surface area contributed by atoms with Gasteiger partial charge in [0.25, 0.3) is 0 Å². The fraction of sp³-hybridized carbons (Fsp3) is 0.333. The minimum absolute atomic E-state index is 0. The smallest absolute Gasteiger partial charge is 0.231 e. The Morgan fingerprint density at radius 2 is 1.74 bits per heavy atom. The van der Waals surface area contributed by atoms with Crippen molar-refractivity contribution < 1.29 is 9.59 Å². The Bertz CT molecular complexity index is 765. The maximum Gasteiger partial charge on any atom is 0.231 e. The first-order chi connectivity index (χ1) is 12.5. The largest absolute Gasteiger partial charge is 0.328 e. The predicted molar refractivity (Wildman–Crippen MR) is 111 cm³/mol. The van der Waals surface area contributed by atoms with Gasteiger partial charge < -0.3 is 16.0 Å². The number of carbonyl (C=O) groups excluding carboxylic acids is 2. The standard InChI is InChI=1S/C21H25N3O2.ClH/c1-24(19-5-3-2-4-6-19)20(25)13-15-7-11-18(12-8-15)23-21(26)16-9-10-17(22)14-16;/h2-8,11-12,16-17H,9-10,13-14,22H2,1H3,(H,23,26);1H. The van der Waals surface area contributed by atoms with E-state index in [4.69, 9.17) is 5.73 Å². The Morgan fingerprint density at radius 1 is 1.07 bits per heavy atom. The summed E-state index contributed by atoms with van der Waals surface area (Å²) >= 11 is 0. The summed E-state index contributed by atoms with van der Waals surface area (Å²) in [6.07, 6.45) is 2.83. The van der Waals surface area contributed by atoms with Crippen molar-refractivity contribution in [3.8, 4) is 0 Å². The second kappa shape index (κ2) is 9.53. The van der Waals surface area contributed by atoms with Gasteiger partial charge in [0.1, 0.15) is 0 Å². The molecule has 2 atom stereocenters. The van der Waals surface area contributed by atoms with E-state index in [0.717, 1.165) is 36.2 Å². The third-order valence-corrected chi connectivity index (χ3v) is 4.94. The van der Waals surface area contributed by atoms with E-state index in [1.807, 2.05) is 54.6 Å². The normalized spacial score (nSPS) is 18.4. The summed E-state index contributed by atoms with van der Waals surface area (Å²) in [5, 5.41) is 2.94. The number of rotatable bonds is 5. The van der Waals surface area contributed by atoms with Crippen molar-refractivity contribution >= 4 is 35.6 Å². The molecule has 1 saturated carbocycles. The summed E-state index contributed by atoms with van der Waals surface area (Å²) in [4.78, 5) is 26.3. The van der Waals surface area contributed by atoms with Crippen LogP contribution in [-0.4, -0.2) is 24.9 Å². The number of nitrogens with one attached hydrogen (secondary N) is 1. The molecule has 0 aliphatic heterocycles. The molecule has 1 fully saturated rings. The van der Waals surface area contributed by atoms with Gasteiger partial charge in [0.15, 0.2) is 0 Å².